The molecule has 3 aromatic rings. The van der Waals surface area contributed by atoms with Crippen molar-refractivity contribution in [3.63, 3.8) is 0 Å². The average Bonchev–Trinajstić information content (AvgIpc) is 3.26. The van der Waals surface area contributed by atoms with Crippen molar-refractivity contribution in [1.82, 2.24) is 19.7 Å². The standard InChI is InChI=1S/C22H20F4IN5O2/c1-11-4-15(12-5-13(7-28-6-12)19(33)22(24,25)26)30-18-17(11)20(34)32(21(18,2)3)14-8-29-31(9-14)10-16(23)27/h4-9,16,19,33H,10H2,1-3H3. The molecular weight excluding hydrogens is 569 g/mol. The van der Waals surface area contributed by atoms with Crippen LogP contribution in [0, 0.1) is 6.92 Å². The number of hydrogen-bond donors (Lipinski definition) is 1. The summed E-state index contributed by atoms with van der Waals surface area (Å²) in [4.78, 5) is 23.4. The molecule has 12 heteroatoms. The zero-order valence-electron chi connectivity index (χ0n) is 18.3. The van der Waals surface area contributed by atoms with Crippen LogP contribution in [0.25, 0.3) is 11.3 Å². The molecule has 0 bridgehead atoms. The van der Waals surface area contributed by atoms with Crippen LogP contribution < -0.4 is 4.90 Å². The molecule has 0 spiro atoms. The number of alkyl halides is 5. The molecule has 180 valence electrons. The van der Waals surface area contributed by atoms with E-state index in [2.05, 4.69) is 15.1 Å². The number of fused-ring (bicyclic) bond motifs is 1. The highest BCUT2D eigenvalue weighted by Crippen LogP contribution is 2.43. The molecule has 1 amide bonds. The Bertz CT molecular complexity index is 1260. The first-order valence-electron chi connectivity index (χ1n) is 10.2. The Kier molecular flexibility index (Phi) is 6.17. The van der Waals surface area contributed by atoms with Crippen LogP contribution in [-0.2, 0) is 12.1 Å². The van der Waals surface area contributed by atoms with Crippen molar-refractivity contribution in [1.29, 1.82) is 0 Å². The van der Waals surface area contributed by atoms with Gasteiger partial charge in [-0.2, -0.15) is 18.3 Å². The summed E-state index contributed by atoms with van der Waals surface area (Å²) in [5.41, 5.74) is 1.17. The van der Waals surface area contributed by atoms with Gasteiger partial charge < -0.3 is 5.11 Å². The van der Waals surface area contributed by atoms with Crippen molar-refractivity contribution in [2.45, 2.75) is 49.3 Å². The van der Waals surface area contributed by atoms with Crippen molar-refractivity contribution in [3.8, 4) is 11.3 Å². The fraction of sp³-hybridized carbons (Fsp3) is 0.364. The molecule has 1 N–H and O–H groups in total. The Morgan fingerprint density at radius 1 is 1.21 bits per heavy atom. The number of amides is 1. The number of carbonyl (C=O) groups excluding carboxylic acids is 1. The number of pyridine rings is 2. The van der Waals surface area contributed by atoms with Gasteiger partial charge in [0.05, 0.1) is 40.9 Å². The Hall–Kier alpha value is -2.61. The van der Waals surface area contributed by atoms with Crippen molar-refractivity contribution >= 4 is 34.2 Å². The Balaban J connectivity index is 1.76. The van der Waals surface area contributed by atoms with E-state index in [-0.39, 0.29) is 18.0 Å². The second-order valence-electron chi connectivity index (χ2n) is 8.51. The molecule has 2 atom stereocenters. The third-order valence-electron chi connectivity index (χ3n) is 5.66. The molecule has 3 aromatic heterocycles. The highest BCUT2D eigenvalue weighted by molar-refractivity contribution is 14.1. The lowest BCUT2D eigenvalue weighted by molar-refractivity contribution is -0.206. The van der Waals surface area contributed by atoms with Gasteiger partial charge in [-0.1, -0.05) is 0 Å². The first kappa shape index (κ1) is 24.5. The molecule has 7 nitrogen and oxygen atoms in total. The molecule has 0 saturated carbocycles. The molecular formula is C22H20F4IN5O2. The number of hydrogen-bond acceptors (Lipinski definition) is 5. The van der Waals surface area contributed by atoms with Gasteiger partial charge in [0.25, 0.3) is 5.91 Å². The van der Waals surface area contributed by atoms with Crippen LogP contribution >= 0.6 is 22.6 Å². The van der Waals surface area contributed by atoms with Gasteiger partial charge in [0.15, 0.2) is 10.3 Å². The Morgan fingerprint density at radius 2 is 1.91 bits per heavy atom. The van der Waals surface area contributed by atoms with Gasteiger partial charge in [0, 0.05) is 29.7 Å². The molecule has 1 aliphatic rings. The van der Waals surface area contributed by atoms with Gasteiger partial charge in [-0.05, 0) is 61.1 Å². The summed E-state index contributed by atoms with van der Waals surface area (Å²) in [5.74, 6) is -0.304. The fourth-order valence-electron chi connectivity index (χ4n) is 4.09. The molecule has 0 fully saturated rings. The summed E-state index contributed by atoms with van der Waals surface area (Å²) in [7, 11) is 0. The van der Waals surface area contributed by atoms with E-state index in [0.717, 1.165) is 6.20 Å². The lowest BCUT2D eigenvalue weighted by Crippen LogP contribution is -2.39. The number of rotatable bonds is 5. The summed E-state index contributed by atoms with van der Waals surface area (Å²) < 4.78 is 52.5. The predicted molar refractivity (Wildman–Crippen MR) is 124 cm³/mol. The van der Waals surface area contributed by atoms with E-state index in [1.54, 1.807) is 55.6 Å². The zero-order chi connectivity index (χ0) is 25.0. The van der Waals surface area contributed by atoms with Crippen LogP contribution in [0.5, 0.6) is 0 Å². The van der Waals surface area contributed by atoms with Crippen molar-refractivity contribution < 1.29 is 27.5 Å². The molecule has 1 aliphatic heterocycles. The van der Waals surface area contributed by atoms with Gasteiger partial charge in [-0.15, -0.1) is 0 Å². The minimum absolute atomic E-state index is 0.0323. The smallest absolute Gasteiger partial charge is 0.379 e. The van der Waals surface area contributed by atoms with E-state index in [0.29, 0.717) is 28.2 Å². The number of halogens is 5. The predicted octanol–water partition coefficient (Wildman–Crippen LogP) is 4.87. The van der Waals surface area contributed by atoms with Crippen molar-refractivity contribution in [3.05, 3.63) is 59.3 Å². The number of carbonyl (C=O) groups is 1. The largest absolute Gasteiger partial charge is 0.418 e. The summed E-state index contributed by atoms with van der Waals surface area (Å²) in [6.45, 7) is 5.34. The molecule has 34 heavy (non-hydrogen) atoms. The number of aryl methyl sites for hydroxylation is 1. The number of aliphatic hydroxyl groups excluding tert-OH is 1. The SMILES string of the molecule is Cc1cc(-c2cncc(C(O)C(F)(F)F)c2)nc2c1C(=O)N(c1cnn(CC(F)I)c1)C2(C)C. The third kappa shape index (κ3) is 4.28. The van der Waals surface area contributed by atoms with Crippen molar-refractivity contribution in [2.75, 3.05) is 4.90 Å². The van der Waals surface area contributed by atoms with E-state index >= 15 is 0 Å². The number of anilines is 1. The van der Waals surface area contributed by atoms with Gasteiger partial charge >= 0.3 is 6.18 Å². The molecule has 4 heterocycles. The highest BCUT2D eigenvalue weighted by atomic mass is 127. The minimum Gasteiger partial charge on any atom is -0.379 e. The zero-order valence-corrected chi connectivity index (χ0v) is 20.5. The normalized spacial score (nSPS) is 17.1. The Labute approximate surface area is 206 Å². The second-order valence-corrected chi connectivity index (χ2v) is 9.86. The monoisotopic (exact) mass is 589 g/mol. The van der Waals surface area contributed by atoms with Crippen LogP contribution in [0.1, 0.15) is 47.1 Å². The maximum Gasteiger partial charge on any atom is 0.418 e. The summed E-state index contributed by atoms with van der Waals surface area (Å²) >= 11 is 1.64. The van der Waals surface area contributed by atoms with E-state index in [1.165, 1.54) is 28.0 Å². The quantitative estimate of drug-likeness (QED) is 0.261. The number of aromatic nitrogens is 4. The summed E-state index contributed by atoms with van der Waals surface area (Å²) in [6, 6.07) is 2.78. The molecule has 2 unspecified atom stereocenters. The lowest BCUT2D eigenvalue weighted by Gasteiger charge is -2.30. The topological polar surface area (TPSA) is 84.1 Å². The number of aliphatic hydroxyl groups is 1. The first-order valence-corrected chi connectivity index (χ1v) is 11.4. The van der Waals surface area contributed by atoms with Crippen LogP contribution in [-0.4, -0.2) is 41.1 Å². The van der Waals surface area contributed by atoms with Crippen LogP contribution in [0.15, 0.2) is 36.9 Å². The maximum atomic E-state index is 13.4. The first-order chi connectivity index (χ1) is 15.8. The van der Waals surface area contributed by atoms with E-state index in [1.807, 2.05) is 0 Å². The van der Waals surface area contributed by atoms with E-state index in [4.69, 9.17) is 0 Å². The fourth-order valence-corrected chi connectivity index (χ4v) is 4.49. The van der Waals surface area contributed by atoms with Crippen molar-refractivity contribution in [2.24, 2.45) is 0 Å². The third-order valence-corrected chi connectivity index (χ3v) is 6.05. The van der Waals surface area contributed by atoms with Crippen LogP contribution in [0.2, 0.25) is 0 Å². The highest BCUT2D eigenvalue weighted by Gasteiger charge is 2.47. The van der Waals surface area contributed by atoms with Gasteiger partial charge in [-0.3, -0.25) is 19.4 Å². The van der Waals surface area contributed by atoms with E-state index in [9.17, 15) is 27.5 Å². The average molecular weight is 589 g/mol. The second kappa shape index (κ2) is 8.56. The van der Waals surface area contributed by atoms with Gasteiger partial charge in [0.1, 0.15) is 0 Å². The van der Waals surface area contributed by atoms with Crippen LogP contribution in [0.3, 0.4) is 0 Å². The van der Waals surface area contributed by atoms with Crippen LogP contribution in [0.4, 0.5) is 23.2 Å². The molecule has 0 aromatic carbocycles. The summed E-state index contributed by atoms with van der Waals surface area (Å²) in [5, 5.41) is 13.7. The van der Waals surface area contributed by atoms with Gasteiger partial charge in [-0.25, -0.2) is 9.37 Å². The summed E-state index contributed by atoms with van der Waals surface area (Å²) in [6.07, 6.45) is -2.14. The maximum absolute atomic E-state index is 13.4. The molecule has 0 saturated heterocycles. The minimum atomic E-state index is -4.83. The lowest BCUT2D eigenvalue weighted by atomic mass is 9.95. The molecule has 0 aliphatic carbocycles. The molecule has 0 radical (unpaired) electrons. The Morgan fingerprint density at radius 3 is 2.56 bits per heavy atom. The van der Waals surface area contributed by atoms with Gasteiger partial charge in [0.2, 0.25) is 0 Å². The van der Waals surface area contributed by atoms with E-state index < -0.39 is 27.6 Å². The number of nitrogens with zero attached hydrogens (tertiary/aromatic N) is 5. The molecule has 4 rings (SSSR count).